The summed E-state index contributed by atoms with van der Waals surface area (Å²) >= 11 is 0. The molecular formula is C5H14IN. The lowest BCUT2D eigenvalue weighted by atomic mass is 11.0. The molecule has 0 aliphatic rings. The van der Waals surface area contributed by atoms with Gasteiger partial charge in [0.25, 0.3) is 0 Å². The van der Waals surface area contributed by atoms with Gasteiger partial charge >= 0.3 is 0 Å². The van der Waals surface area contributed by atoms with Crippen LogP contribution in [-0.4, -0.2) is 21.1 Å². The van der Waals surface area contributed by atoms with Gasteiger partial charge in [-0.25, -0.2) is 0 Å². The quantitative estimate of drug-likeness (QED) is 0.317. The second-order valence-electron chi connectivity index (χ2n) is 1.50. The van der Waals surface area contributed by atoms with Crippen molar-refractivity contribution < 1.29 is 28.9 Å². The van der Waals surface area contributed by atoms with E-state index in [9.17, 15) is 0 Å². The van der Waals surface area contributed by atoms with Gasteiger partial charge in [-0.3, -0.25) is 0 Å². The van der Waals surface area contributed by atoms with Crippen molar-refractivity contribution in [1.82, 2.24) is 0 Å². The van der Waals surface area contributed by atoms with Crippen molar-refractivity contribution in [3.63, 3.8) is 0 Å². The van der Waals surface area contributed by atoms with Gasteiger partial charge in [0.15, 0.2) is 0 Å². The minimum Gasteiger partial charge on any atom is -1.00 e. The number of halogens is 1. The highest BCUT2D eigenvalue weighted by Gasteiger charge is 1.61. The Kier molecular flexibility index (Phi) is 36.0. The maximum absolute atomic E-state index is 3.00. The summed E-state index contributed by atoms with van der Waals surface area (Å²) in [7, 11) is 6.25. The molecule has 0 aliphatic carbocycles. The second-order valence-corrected chi connectivity index (χ2v) is 1.50. The van der Waals surface area contributed by atoms with Crippen LogP contribution in [0.5, 0.6) is 0 Å². The predicted octanol–water partition coefficient (Wildman–Crippen LogP) is -3.43. The van der Waals surface area contributed by atoms with E-state index in [1.54, 1.807) is 0 Å². The molecule has 0 aliphatic heterocycles. The van der Waals surface area contributed by atoms with Gasteiger partial charge in [0.05, 0.1) is 21.1 Å². The minimum atomic E-state index is 0. The molecule has 0 atom stereocenters. The van der Waals surface area contributed by atoms with Crippen LogP contribution in [0.25, 0.3) is 0 Å². The fourth-order valence-corrected chi connectivity index (χ4v) is 0. The number of quaternary nitrogens is 1. The Bertz CT molecular complexity index is 19.3. The summed E-state index contributed by atoms with van der Waals surface area (Å²) in [4.78, 5) is 1.42. The SMILES string of the molecule is C=C.C[NH+](C)C.[I-]. The van der Waals surface area contributed by atoms with Crippen molar-refractivity contribution in [2.45, 2.75) is 0 Å². The van der Waals surface area contributed by atoms with Crippen LogP contribution < -0.4 is 28.9 Å². The molecule has 0 fully saturated rings. The van der Waals surface area contributed by atoms with Gasteiger partial charge in [-0.2, -0.15) is 0 Å². The summed E-state index contributed by atoms with van der Waals surface area (Å²) in [5.74, 6) is 0. The Hall–Kier alpha value is 0.430. The van der Waals surface area contributed by atoms with E-state index in [0.29, 0.717) is 0 Å². The normalized spacial score (nSPS) is 5.71. The first-order chi connectivity index (χ1) is 2.73. The van der Waals surface area contributed by atoms with Crippen LogP contribution in [-0.2, 0) is 0 Å². The van der Waals surface area contributed by atoms with Crippen molar-refractivity contribution in [2.75, 3.05) is 21.1 Å². The number of hydrogen-bond donors (Lipinski definition) is 1. The Morgan fingerprint density at radius 3 is 1.00 bits per heavy atom. The smallest absolute Gasteiger partial charge is 0.0661 e. The van der Waals surface area contributed by atoms with Gasteiger partial charge in [0.2, 0.25) is 0 Å². The van der Waals surface area contributed by atoms with Gasteiger partial charge in [0.1, 0.15) is 0 Å². The molecule has 2 heteroatoms. The molecule has 0 spiro atoms. The molecular weight excluding hydrogens is 201 g/mol. The number of rotatable bonds is 0. The molecule has 0 unspecified atom stereocenters. The molecule has 0 aromatic rings. The summed E-state index contributed by atoms with van der Waals surface area (Å²) in [6, 6.07) is 0. The molecule has 0 rings (SSSR count). The van der Waals surface area contributed by atoms with E-state index in [4.69, 9.17) is 0 Å². The fourth-order valence-electron chi connectivity index (χ4n) is 0. The molecule has 0 amide bonds. The van der Waals surface area contributed by atoms with Crippen LogP contribution in [0.3, 0.4) is 0 Å². The van der Waals surface area contributed by atoms with Gasteiger partial charge in [-0.05, 0) is 0 Å². The molecule has 0 heterocycles. The highest BCUT2D eigenvalue weighted by molar-refractivity contribution is 4.22. The molecule has 0 radical (unpaired) electrons. The molecule has 46 valence electrons. The molecule has 7 heavy (non-hydrogen) atoms. The summed E-state index contributed by atoms with van der Waals surface area (Å²) in [5.41, 5.74) is 0. The van der Waals surface area contributed by atoms with Crippen molar-refractivity contribution in [3.05, 3.63) is 13.2 Å². The maximum atomic E-state index is 3.00. The Morgan fingerprint density at radius 2 is 1.00 bits per heavy atom. The van der Waals surface area contributed by atoms with E-state index < -0.39 is 0 Å². The summed E-state index contributed by atoms with van der Waals surface area (Å²) in [5, 5.41) is 0. The van der Waals surface area contributed by atoms with Crippen LogP contribution in [0.1, 0.15) is 0 Å². The molecule has 1 nitrogen and oxygen atoms in total. The first-order valence-electron chi connectivity index (χ1n) is 2.00. The van der Waals surface area contributed by atoms with E-state index >= 15 is 0 Å². The third kappa shape index (κ3) is 682. The summed E-state index contributed by atoms with van der Waals surface area (Å²) < 4.78 is 0. The molecule has 0 aromatic carbocycles. The minimum absolute atomic E-state index is 0. The zero-order valence-corrected chi connectivity index (χ0v) is 7.45. The lowest BCUT2D eigenvalue weighted by Crippen LogP contribution is -3.02. The van der Waals surface area contributed by atoms with Crippen molar-refractivity contribution in [3.8, 4) is 0 Å². The highest BCUT2D eigenvalue weighted by Crippen LogP contribution is 0.866. The topological polar surface area (TPSA) is 4.44 Å². The average molecular weight is 215 g/mol. The van der Waals surface area contributed by atoms with Gasteiger partial charge in [-0.1, -0.05) is 0 Å². The predicted molar refractivity (Wildman–Crippen MR) is 30.0 cm³/mol. The Morgan fingerprint density at radius 1 is 1.00 bits per heavy atom. The molecule has 0 saturated heterocycles. The number of hydrogen-bond acceptors (Lipinski definition) is 0. The van der Waals surface area contributed by atoms with Gasteiger partial charge < -0.3 is 28.9 Å². The molecule has 0 saturated carbocycles. The lowest BCUT2D eigenvalue weighted by Gasteiger charge is -1.88. The van der Waals surface area contributed by atoms with Crippen LogP contribution >= 0.6 is 0 Å². The second kappa shape index (κ2) is 16.1. The standard InChI is InChI=1S/C3H9N.C2H4.HI/c1-4(2)3;1-2;/h1-3H3;1-2H2;1H. The first kappa shape index (κ1) is 15.7. The lowest BCUT2D eigenvalue weighted by molar-refractivity contribution is -0.836. The van der Waals surface area contributed by atoms with E-state index in [1.165, 1.54) is 4.90 Å². The largest absolute Gasteiger partial charge is 1.00 e. The van der Waals surface area contributed by atoms with Crippen LogP contribution in [0.15, 0.2) is 13.2 Å². The van der Waals surface area contributed by atoms with Crippen LogP contribution in [0.4, 0.5) is 0 Å². The van der Waals surface area contributed by atoms with E-state index in [0.717, 1.165) is 0 Å². The summed E-state index contributed by atoms with van der Waals surface area (Å²) in [6.07, 6.45) is 0. The fraction of sp³-hybridized carbons (Fsp3) is 0.600. The molecule has 1 N–H and O–H groups in total. The van der Waals surface area contributed by atoms with Gasteiger partial charge in [-0.15, -0.1) is 13.2 Å². The zero-order chi connectivity index (χ0) is 5.58. The number of nitrogens with one attached hydrogen (secondary N) is 1. The van der Waals surface area contributed by atoms with Gasteiger partial charge in [0, 0.05) is 0 Å². The highest BCUT2D eigenvalue weighted by atomic mass is 127. The zero-order valence-electron chi connectivity index (χ0n) is 5.29. The maximum Gasteiger partial charge on any atom is 0.0661 e. The van der Waals surface area contributed by atoms with Crippen molar-refractivity contribution in [1.29, 1.82) is 0 Å². The van der Waals surface area contributed by atoms with Crippen LogP contribution in [0.2, 0.25) is 0 Å². The van der Waals surface area contributed by atoms with Crippen molar-refractivity contribution >= 4 is 0 Å². The molecule has 0 aromatic heterocycles. The average Bonchev–Trinajstić information content (AvgIpc) is 1.41. The third-order valence-electron chi connectivity index (χ3n) is 0. The third-order valence-corrected chi connectivity index (χ3v) is 0. The van der Waals surface area contributed by atoms with E-state index in [2.05, 4.69) is 34.3 Å². The summed E-state index contributed by atoms with van der Waals surface area (Å²) in [6.45, 7) is 6.00. The van der Waals surface area contributed by atoms with Crippen molar-refractivity contribution in [2.24, 2.45) is 0 Å². The molecule has 0 bridgehead atoms. The Labute approximate surface area is 63.4 Å². The van der Waals surface area contributed by atoms with E-state index in [1.807, 2.05) is 0 Å². The first-order valence-corrected chi connectivity index (χ1v) is 2.00. The van der Waals surface area contributed by atoms with E-state index in [-0.39, 0.29) is 24.0 Å². The van der Waals surface area contributed by atoms with Crippen LogP contribution in [0, 0.1) is 0 Å². The monoisotopic (exact) mass is 215 g/mol. The Balaban J connectivity index is -0.0000000480.